The third-order valence-corrected chi connectivity index (χ3v) is 7.46. The van der Waals surface area contributed by atoms with Crippen molar-refractivity contribution in [1.29, 1.82) is 0 Å². The predicted molar refractivity (Wildman–Crippen MR) is 116 cm³/mol. The first-order valence-electron chi connectivity index (χ1n) is 11.6. The van der Waals surface area contributed by atoms with E-state index < -0.39 is 42.2 Å². The molecule has 1 aromatic rings. The van der Waals surface area contributed by atoms with Gasteiger partial charge in [0.1, 0.15) is 12.3 Å². The van der Waals surface area contributed by atoms with E-state index >= 15 is 0 Å². The standard InChI is InChI=1S/C24H30F3N3O4/c1-23(2)9-7-13(8-10-23)19(24(25,26)27)29-20(32)14-3-4-16-15(11-14)12-30(22(16)34)17-5-6-18(31)28-21(17)33/h3-4,11,13,17,19,22,34H,5-10,12H2,1-2H3,(H,29,32)(H,28,31,33)/t17?,19-,22?/m1/s1. The van der Waals surface area contributed by atoms with Gasteiger partial charge in [-0.2, -0.15) is 13.2 Å². The molecule has 4 rings (SSSR count). The zero-order chi connectivity index (χ0) is 24.8. The van der Waals surface area contributed by atoms with Crippen molar-refractivity contribution in [2.75, 3.05) is 0 Å². The fourth-order valence-electron chi connectivity index (χ4n) is 5.32. The number of fused-ring (bicyclic) bond motifs is 1. The summed E-state index contributed by atoms with van der Waals surface area (Å²) in [4.78, 5) is 38.0. The highest BCUT2D eigenvalue weighted by Gasteiger charge is 2.47. The highest BCUT2D eigenvalue weighted by molar-refractivity contribution is 6.00. The summed E-state index contributed by atoms with van der Waals surface area (Å²) in [5.74, 6) is -2.35. The topological polar surface area (TPSA) is 98.7 Å². The Kier molecular flexibility index (Phi) is 6.50. The minimum atomic E-state index is -4.56. The Labute approximate surface area is 196 Å². The number of alkyl halides is 3. The molecular weight excluding hydrogens is 451 g/mol. The second kappa shape index (κ2) is 8.96. The lowest BCUT2D eigenvalue weighted by molar-refractivity contribution is -0.169. The number of nitrogens with one attached hydrogen (secondary N) is 2. The van der Waals surface area contributed by atoms with Crippen molar-refractivity contribution in [3.63, 3.8) is 0 Å². The van der Waals surface area contributed by atoms with Gasteiger partial charge in [0.25, 0.3) is 5.91 Å². The van der Waals surface area contributed by atoms with Crippen LogP contribution in [0, 0.1) is 11.3 Å². The fraction of sp³-hybridized carbons (Fsp3) is 0.625. The smallest absolute Gasteiger partial charge is 0.374 e. The lowest BCUT2D eigenvalue weighted by atomic mass is 9.71. The van der Waals surface area contributed by atoms with Crippen LogP contribution in [0.1, 0.15) is 80.1 Å². The quantitative estimate of drug-likeness (QED) is 0.574. The predicted octanol–water partition coefficient (Wildman–Crippen LogP) is 3.18. The van der Waals surface area contributed by atoms with E-state index in [1.54, 1.807) is 0 Å². The molecule has 2 aliphatic heterocycles. The molecule has 1 saturated heterocycles. The van der Waals surface area contributed by atoms with Gasteiger partial charge in [0.05, 0.1) is 6.04 Å². The van der Waals surface area contributed by atoms with Gasteiger partial charge in [0.15, 0.2) is 0 Å². The van der Waals surface area contributed by atoms with Crippen LogP contribution in [-0.4, -0.2) is 46.0 Å². The number of hydrogen-bond acceptors (Lipinski definition) is 5. The molecule has 2 unspecified atom stereocenters. The molecule has 0 radical (unpaired) electrons. The van der Waals surface area contributed by atoms with E-state index in [0.29, 0.717) is 36.8 Å². The summed E-state index contributed by atoms with van der Waals surface area (Å²) in [6.45, 7) is 4.23. The normalized spacial score (nSPS) is 26.6. The maximum atomic E-state index is 13.8. The first kappa shape index (κ1) is 24.7. The van der Waals surface area contributed by atoms with Crippen LogP contribution in [0.25, 0.3) is 0 Å². The molecule has 186 valence electrons. The number of amides is 3. The summed E-state index contributed by atoms with van der Waals surface area (Å²) in [5.41, 5.74) is 1.13. The molecule has 2 heterocycles. The Morgan fingerprint density at radius 1 is 1.21 bits per heavy atom. The third kappa shape index (κ3) is 4.98. The van der Waals surface area contributed by atoms with Crippen LogP contribution in [0.2, 0.25) is 0 Å². The number of aliphatic hydroxyl groups is 1. The van der Waals surface area contributed by atoms with Crippen molar-refractivity contribution in [3.05, 3.63) is 34.9 Å². The van der Waals surface area contributed by atoms with Gasteiger partial charge in [-0.1, -0.05) is 19.9 Å². The molecule has 3 N–H and O–H groups in total. The first-order valence-corrected chi connectivity index (χ1v) is 11.6. The monoisotopic (exact) mass is 481 g/mol. The third-order valence-electron chi connectivity index (χ3n) is 7.46. The Morgan fingerprint density at radius 3 is 2.50 bits per heavy atom. The maximum absolute atomic E-state index is 13.8. The minimum absolute atomic E-state index is 0.00583. The fourth-order valence-corrected chi connectivity index (χ4v) is 5.32. The van der Waals surface area contributed by atoms with Crippen molar-refractivity contribution < 1.29 is 32.7 Å². The molecule has 1 saturated carbocycles. The number of carbonyl (C=O) groups is 3. The van der Waals surface area contributed by atoms with Gasteiger partial charge in [0, 0.05) is 18.5 Å². The van der Waals surface area contributed by atoms with Gasteiger partial charge >= 0.3 is 6.18 Å². The number of piperidine rings is 1. The average molecular weight is 482 g/mol. The molecule has 34 heavy (non-hydrogen) atoms. The van der Waals surface area contributed by atoms with E-state index in [4.69, 9.17) is 0 Å². The second-order valence-electron chi connectivity index (χ2n) is 10.4. The molecule has 3 aliphatic rings. The molecule has 7 nitrogen and oxygen atoms in total. The van der Waals surface area contributed by atoms with Crippen molar-refractivity contribution >= 4 is 17.7 Å². The minimum Gasteiger partial charge on any atom is -0.374 e. The van der Waals surface area contributed by atoms with Gasteiger partial charge in [-0.05, 0) is 66.7 Å². The summed E-state index contributed by atoms with van der Waals surface area (Å²) >= 11 is 0. The summed E-state index contributed by atoms with van der Waals surface area (Å²) in [6.07, 6.45) is -3.11. The molecule has 1 aliphatic carbocycles. The van der Waals surface area contributed by atoms with E-state index in [1.807, 2.05) is 13.8 Å². The van der Waals surface area contributed by atoms with Crippen molar-refractivity contribution in [3.8, 4) is 0 Å². The Morgan fingerprint density at radius 2 is 1.88 bits per heavy atom. The first-order chi connectivity index (χ1) is 15.9. The largest absolute Gasteiger partial charge is 0.408 e. The SMILES string of the molecule is CC1(C)CCC([C@@H](NC(=O)c2ccc3c(c2)CN(C2CCC(=O)NC2=O)C3O)C(F)(F)F)CC1. The van der Waals surface area contributed by atoms with Crippen LogP contribution >= 0.6 is 0 Å². The number of imide groups is 1. The Hall–Kier alpha value is -2.46. The maximum Gasteiger partial charge on any atom is 0.408 e. The number of aliphatic hydroxyl groups excluding tert-OH is 1. The highest BCUT2D eigenvalue weighted by atomic mass is 19.4. The number of nitrogens with zero attached hydrogens (tertiary/aromatic N) is 1. The molecule has 0 aromatic heterocycles. The van der Waals surface area contributed by atoms with E-state index in [2.05, 4.69) is 10.6 Å². The molecule has 3 amide bonds. The van der Waals surface area contributed by atoms with Gasteiger partial charge in [-0.15, -0.1) is 0 Å². The average Bonchev–Trinajstić information content (AvgIpc) is 3.07. The van der Waals surface area contributed by atoms with Gasteiger partial charge in [0.2, 0.25) is 11.8 Å². The molecule has 0 spiro atoms. The van der Waals surface area contributed by atoms with Crippen LogP contribution < -0.4 is 10.6 Å². The van der Waals surface area contributed by atoms with Crippen LogP contribution in [0.4, 0.5) is 13.2 Å². The zero-order valence-corrected chi connectivity index (χ0v) is 19.2. The lowest BCUT2D eigenvalue weighted by Gasteiger charge is -2.38. The van der Waals surface area contributed by atoms with E-state index in [1.165, 1.54) is 23.1 Å². The molecular formula is C24H30F3N3O4. The number of carbonyl (C=O) groups excluding carboxylic acids is 3. The van der Waals surface area contributed by atoms with Crippen molar-refractivity contribution in [1.82, 2.24) is 15.5 Å². The van der Waals surface area contributed by atoms with Crippen LogP contribution in [0.5, 0.6) is 0 Å². The molecule has 0 bridgehead atoms. The summed E-state index contributed by atoms with van der Waals surface area (Å²) in [5, 5.41) is 15.2. The van der Waals surface area contributed by atoms with Crippen LogP contribution in [0.15, 0.2) is 18.2 Å². The van der Waals surface area contributed by atoms with Crippen LogP contribution in [0.3, 0.4) is 0 Å². The summed E-state index contributed by atoms with van der Waals surface area (Å²) in [6, 6.07) is 1.74. The molecule has 10 heteroatoms. The zero-order valence-electron chi connectivity index (χ0n) is 19.2. The summed E-state index contributed by atoms with van der Waals surface area (Å²) in [7, 11) is 0. The van der Waals surface area contributed by atoms with Crippen molar-refractivity contribution in [2.45, 2.75) is 83.4 Å². The van der Waals surface area contributed by atoms with Crippen molar-refractivity contribution in [2.24, 2.45) is 11.3 Å². The molecule has 2 fully saturated rings. The molecule has 1 aromatic carbocycles. The number of halogens is 3. The van der Waals surface area contributed by atoms with Gasteiger partial charge in [-0.25, -0.2) is 0 Å². The summed E-state index contributed by atoms with van der Waals surface area (Å²) < 4.78 is 41.5. The number of rotatable bonds is 4. The number of hydrogen-bond donors (Lipinski definition) is 3. The van der Waals surface area contributed by atoms with Crippen LogP contribution in [-0.2, 0) is 16.1 Å². The highest BCUT2D eigenvalue weighted by Crippen LogP contribution is 2.42. The van der Waals surface area contributed by atoms with E-state index in [0.717, 1.165) is 0 Å². The van der Waals surface area contributed by atoms with E-state index in [9.17, 15) is 32.7 Å². The van der Waals surface area contributed by atoms with E-state index in [-0.39, 0.29) is 36.3 Å². The lowest BCUT2D eigenvalue weighted by Crippen LogP contribution is -2.51. The second-order valence-corrected chi connectivity index (χ2v) is 10.4. The Balaban J connectivity index is 1.48. The van der Waals surface area contributed by atoms with Gasteiger partial charge in [-0.3, -0.25) is 24.6 Å². The molecule has 3 atom stereocenters. The number of benzene rings is 1. The Bertz CT molecular complexity index is 984. The van der Waals surface area contributed by atoms with Gasteiger partial charge < -0.3 is 10.4 Å².